The summed E-state index contributed by atoms with van der Waals surface area (Å²) in [5, 5.41) is 10.7. The largest absolute Gasteiger partial charge is 0.472 e. The average Bonchev–Trinajstić information content (AvgIpc) is 0.903. The van der Waals surface area contributed by atoms with Crippen LogP contribution < -0.4 is 0 Å². The van der Waals surface area contributed by atoms with Crippen LogP contribution in [0.5, 0.6) is 0 Å². The van der Waals surface area contributed by atoms with E-state index in [4.69, 9.17) is 37.0 Å². The van der Waals surface area contributed by atoms with E-state index in [1.54, 1.807) is 0 Å². The maximum atomic E-state index is 13.2. The molecule has 107 heavy (non-hydrogen) atoms. The average molecular weight is 1560 g/mol. The van der Waals surface area contributed by atoms with Crippen molar-refractivity contribution in [2.24, 2.45) is 0 Å². The van der Waals surface area contributed by atoms with Crippen molar-refractivity contribution >= 4 is 39.5 Å². The van der Waals surface area contributed by atoms with Crippen molar-refractivity contribution < 1.29 is 80.2 Å². The van der Waals surface area contributed by atoms with Crippen LogP contribution in [-0.2, 0) is 65.4 Å². The lowest BCUT2D eigenvalue weighted by atomic mass is 10.0. The molecule has 0 saturated carbocycles. The van der Waals surface area contributed by atoms with Gasteiger partial charge in [-0.25, -0.2) is 9.13 Å². The lowest BCUT2D eigenvalue weighted by molar-refractivity contribution is -0.161. The molecule has 5 atom stereocenters. The summed E-state index contributed by atoms with van der Waals surface area (Å²) in [4.78, 5) is 73.1. The molecule has 0 amide bonds. The lowest BCUT2D eigenvalue weighted by Crippen LogP contribution is -2.30. The van der Waals surface area contributed by atoms with Gasteiger partial charge in [-0.1, -0.05) is 432 Å². The van der Waals surface area contributed by atoms with Gasteiger partial charge in [0.25, 0.3) is 0 Å². The molecule has 0 bridgehead atoms. The normalized spacial score (nSPS) is 13.7. The number of hydrogen-bond donors (Lipinski definition) is 3. The van der Waals surface area contributed by atoms with Crippen LogP contribution in [0.15, 0.2) is 0 Å². The molecule has 0 aliphatic carbocycles. The number of rotatable bonds is 89. The summed E-state index contributed by atoms with van der Waals surface area (Å²) in [5.74, 6) is -2.10. The van der Waals surface area contributed by atoms with Crippen LogP contribution in [0.2, 0.25) is 0 Å². The van der Waals surface area contributed by atoms with Gasteiger partial charge in [0.1, 0.15) is 19.3 Å². The van der Waals surface area contributed by atoms with E-state index in [0.29, 0.717) is 25.7 Å². The second kappa shape index (κ2) is 82.1. The molecule has 0 fully saturated rings. The molecule has 0 aromatic carbocycles. The van der Waals surface area contributed by atoms with Crippen molar-refractivity contribution in [3.63, 3.8) is 0 Å². The molecule has 2 unspecified atom stereocenters. The van der Waals surface area contributed by atoms with Gasteiger partial charge >= 0.3 is 39.5 Å². The zero-order valence-corrected chi connectivity index (χ0v) is 71.9. The quantitative estimate of drug-likeness (QED) is 0.0222. The van der Waals surface area contributed by atoms with E-state index in [1.165, 1.54) is 302 Å². The fourth-order valence-corrected chi connectivity index (χ4v) is 15.5. The number of esters is 4. The van der Waals surface area contributed by atoms with Gasteiger partial charge < -0.3 is 33.8 Å². The molecule has 0 aliphatic rings. The first kappa shape index (κ1) is 105. The highest BCUT2D eigenvalue weighted by Crippen LogP contribution is 2.45. The molecule has 0 heterocycles. The maximum absolute atomic E-state index is 13.2. The standard InChI is InChI=1S/C88H172O17P2/c1-5-9-13-17-21-24-27-30-33-36-38-40-42-44-46-49-51-54-57-61-65-69-73-86(91)99-79-84(105-88(93)75-71-67-63-59-56-53-50-47-45-43-41-39-37-34-31-28-25-22-18-14-10-6-2)81-103-107(96,97)101-77-82(89)76-100-106(94,95)102-80-83(78-98-85(90)72-68-64-60-20-16-12-8-4)104-87(92)74-70-66-62-58-55-52-48-35-32-29-26-23-19-15-11-7-3/h82-84,89H,5-81H2,1-4H3,(H,94,95)(H,96,97)/t82-,83+,84+/m0/s1. The van der Waals surface area contributed by atoms with Gasteiger partial charge in [-0.2, -0.15) is 0 Å². The Morgan fingerprint density at radius 1 is 0.224 bits per heavy atom. The van der Waals surface area contributed by atoms with Crippen LogP contribution >= 0.6 is 15.6 Å². The monoisotopic (exact) mass is 1560 g/mol. The summed E-state index contributed by atoms with van der Waals surface area (Å²) in [7, 11) is -9.92. The molecule has 0 saturated heterocycles. The van der Waals surface area contributed by atoms with Gasteiger partial charge in [0.15, 0.2) is 12.2 Å². The van der Waals surface area contributed by atoms with E-state index in [0.717, 1.165) is 103 Å². The topological polar surface area (TPSA) is 237 Å². The molecule has 636 valence electrons. The third kappa shape index (κ3) is 81.9. The molecule has 17 nitrogen and oxygen atoms in total. The molecule has 0 radical (unpaired) electrons. The van der Waals surface area contributed by atoms with Gasteiger partial charge in [-0.3, -0.25) is 37.3 Å². The van der Waals surface area contributed by atoms with E-state index in [-0.39, 0.29) is 25.7 Å². The number of unbranched alkanes of at least 4 members (excludes halogenated alkanes) is 63. The van der Waals surface area contributed by atoms with E-state index in [9.17, 15) is 43.2 Å². The molecule has 0 aliphatic heterocycles. The van der Waals surface area contributed by atoms with Crippen molar-refractivity contribution in [1.82, 2.24) is 0 Å². The first-order chi connectivity index (χ1) is 52.2. The molecule has 19 heteroatoms. The second-order valence-electron chi connectivity index (χ2n) is 31.6. The van der Waals surface area contributed by atoms with Crippen LogP contribution in [-0.4, -0.2) is 96.7 Å². The van der Waals surface area contributed by atoms with Crippen LogP contribution in [0, 0.1) is 0 Å². The molecule has 0 rings (SSSR count). The zero-order chi connectivity index (χ0) is 78.1. The van der Waals surface area contributed by atoms with Gasteiger partial charge in [0, 0.05) is 25.7 Å². The fourth-order valence-electron chi connectivity index (χ4n) is 13.9. The summed E-state index contributed by atoms with van der Waals surface area (Å²) in [6.07, 6.45) is 78.2. The molecular weight excluding hydrogens is 1390 g/mol. The van der Waals surface area contributed by atoms with Gasteiger partial charge in [-0.05, 0) is 25.7 Å². The molecule has 0 aromatic rings. The minimum Gasteiger partial charge on any atom is -0.462 e. The predicted octanol–water partition coefficient (Wildman–Crippen LogP) is 27.3. The smallest absolute Gasteiger partial charge is 0.462 e. The SMILES string of the molecule is CCCCCCCCCCCCCCCCCCCCCCCCC(=O)OC[C@H](COP(=O)(O)OC[C@@H](O)COP(=O)(O)OC[C@@H](COC(=O)CCCCCCCCC)OC(=O)CCCCCCCCCCCCCCCCCC)OC(=O)CCCCCCCCCCCCCCCCCCCCCCCC. The van der Waals surface area contributed by atoms with Crippen LogP contribution in [0.4, 0.5) is 0 Å². The fraction of sp³-hybridized carbons (Fsp3) is 0.955. The van der Waals surface area contributed by atoms with Crippen molar-refractivity contribution in [1.29, 1.82) is 0 Å². The Labute approximate surface area is 658 Å². The zero-order valence-electron chi connectivity index (χ0n) is 70.1. The minimum atomic E-state index is -4.96. The Kier molecular flexibility index (Phi) is 80.6. The molecule has 0 spiro atoms. The molecule has 0 aromatic heterocycles. The van der Waals surface area contributed by atoms with E-state index < -0.39 is 97.5 Å². The van der Waals surface area contributed by atoms with Crippen molar-refractivity contribution in [2.45, 2.75) is 502 Å². The third-order valence-electron chi connectivity index (χ3n) is 20.9. The van der Waals surface area contributed by atoms with Gasteiger partial charge in [-0.15, -0.1) is 0 Å². The Morgan fingerprint density at radius 2 is 0.374 bits per heavy atom. The Morgan fingerprint density at radius 3 is 0.551 bits per heavy atom. The Bertz CT molecular complexity index is 2020. The highest BCUT2D eigenvalue weighted by atomic mass is 31.2. The lowest BCUT2D eigenvalue weighted by Gasteiger charge is -2.21. The summed E-state index contributed by atoms with van der Waals surface area (Å²) in [6.45, 7) is 5.02. The second-order valence-corrected chi connectivity index (χ2v) is 34.5. The Hall–Kier alpha value is -1.94. The third-order valence-corrected chi connectivity index (χ3v) is 22.8. The number of carbonyl (C=O) groups excluding carboxylic acids is 4. The molecule has 3 N–H and O–H groups in total. The number of aliphatic hydroxyl groups excluding tert-OH is 1. The predicted molar refractivity (Wildman–Crippen MR) is 442 cm³/mol. The number of phosphoric ester groups is 2. The van der Waals surface area contributed by atoms with Gasteiger partial charge in [0.05, 0.1) is 26.4 Å². The van der Waals surface area contributed by atoms with Crippen LogP contribution in [0.3, 0.4) is 0 Å². The van der Waals surface area contributed by atoms with E-state index in [1.807, 2.05) is 0 Å². The first-order valence-corrected chi connectivity index (χ1v) is 48.8. The summed E-state index contributed by atoms with van der Waals surface area (Å²) >= 11 is 0. The minimum absolute atomic E-state index is 0.109. The number of carbonyl (C=O) groups is 4. The summed E-state index contributed by atoms with van der Waals surface area (Å²) in [5.41, 5.74) is 0. The van der Waals surface area contributed by atoms with Gasteiger partial charge in [0.2, 0.25) is 0 Å². The summed E-state index contributed by atoms with van der Waals surface area (Å²) in [6, 6.07) is 0. The maximum Gasteiger partial charge on any atom is 0.472 e. The highest BCUT2D eigenvalue weighted by molar-refractivity contribution is 7.47. The van der Waals surface area contributed by atoms with Crippen molar-refractivity contribution in [2.75, 3.05) is 39.6 Å². The highest BCUT2D eigenvalue weighted by Gasteiger charge is 2.30. The number of hydrogen-bond acceptors (Lipinski definition) is 15. The first-order valence-electron chi connectivity index (χ1n) is 45.8. The Balaban J connectivity index is 5.14. The number of phosphoric acid groups is 2. The molecular formula is C88H172O17P2. The van der Waals surface area contributed by atoms with Crippen molar-refractivity contribution in [3.05, 3.63) is 0 Å². The number of aliphatic hydroxyl groups is 1. The number of ether oxygens (including phenoxy) is 4. The van der Waals surface area contributed by atoms with Crippen LogP contribution in [0.25, 0.3) is 0 Å². The van der Waals surface area contributed by atoms with Crippen LogP contribution in [0.1, 0.15) is 484 Å². The summed E-state index contributed by atoms with van der Waals surface area (Å²) < 4.78 is 68.8. The van der Waals surface area contributed by atoms with E-state index in [2.05, 4.69) is 27.7 Å². The van der Waals surface area contributed by atoms with E-state index >= 15 is 0 Å². The van der Waals surface area contributed by atoms with Crippen molar-refractivity contribution in [3.8, 4) is 0 Å².